The second-order valence-corrected chi connectivity index (χ2v) is 5.81. The number of hydrogen-bond donors (Lipinski definition) is 1. The van der Waals surface area contributed by atoms with Gasteiger partial charge in [-0.2, -0.15) is 0 Å². The van der Waals surface area contributed by atoms with E-state index >= 15 is 0 Å². The van der Waals surface area contributed by atoms with Crippen LogP contribution in [0.1, 0.15) is 23.2 Å². The van der Waals surface area contributed by atoms with Crippen molar-refractivity contribution < 1.29 is 9.72 Å². The molecule has 8 heteroatoms. The molecule has 0 saturated carbocycles. The first-order valence-electron chi connectivity index (χ1n) is 7.51. The average Bonchev–Trinajstić information content (AvgIpc) is 3.10. The topological polar surface area (TPSA) is 88.4 Å². The lowest BCUT2D eigenvalue weighted by molar-refractivity contribution is -0.384. The number of rotatable bonds is 4. The average molecular weight is 347 g/mol. The number of nitrogens with zero attached hydrogens (tertiary/aromatic N) is 3. The van der Waals surface area contributed by atoms with Crippen LogP contribution in [0.15, 0.2) is 36.5 Å². The third-order valence-corrected chi connectivity index (χ3v) is 4.19. The number of halogens is 1. The van der Waals surface area contributed by atoms with Crippen LogP contribution in [0.4, 0.5) is 17.1 Å². The standard InChI is InChI=1S/C16H15ClN4O3/c17-15-12(4-3-7-18-15)19-16(22)11-5-6-13(14(10-11)21(23)24)20-8-1-2-9-20/h3-7,10H,1-2,8-9H2,(H,19,22). The predicted molar refractivity (Wildman–Crippen MR) is 91.7 cm³/mol. The molecule has 0 radical (unpaired) electrons. The summed E-state index contributed by atoms with van der Waals surface area (Å²) in [7, 11) is 0. The highest BCUT2D eigenvalue weighted by Crippen LogP contribution is 2.32. The first-order valence-corrected chi connectivity index (χ1v) is 7.89. The molecule has 0 unspecified atom stereocenters. The quantitative estimate of drug-likeness (QED) is 0.520. The molecule has 2 heterocycles. The van der Waals surface area contributed by atoms with E-state index in [4.69, 9.17) is 11.6 Å². The number of anilines is 2. The fraction of sp³-hybridized carbons (Fsp3) is 0.250. The molecule has 1 N–H and O–H groups in total. The van der Waals surface area contributed by atoms with Crippen molar-refractivity contribution in [3.05, 3.63) is 57.4 Å². The van der Waals surface area contributed by atoms with E-state index in [-0.39, 0.29) is 16.4 Å². The molecule has 2 aromatic rings. The summed E-state index contributed by atoms with van der Waals surface area (Å²) in [5.41, 5.74) is 1.04. The van der Waals surface area contributed by atoms with E-state index in [2.05, 4.69) is 10.3 Å². The molecule has 3 rings (SSSR count). The Balaban J connectivity index is 1.88. The second kappa shape index (κ2) is 6.84. The van der Waals surface area contributed by atoms with Crippen LogP contribution in [-0.2, 0) is 0 Å². The first kappa shape index (κ1) is 16.2. The molecule has 0 bridgehead atoms. The number of nitrogens with one attached hydrogen (secondary N) is 1. The fourth-order valence-corrected chi connectivity index (χ4v) is 2.88. The van der Waals surface area contributed by atoms with Gasteiger partial charge in [0.2, 0.25) is 0 Å². The van der Waals surface area contributed by atoms with Gasteiger partial charge in [0.25, 0.3) is 11.6 Å². The van der Waals surface area contributed by atoms with E-state index in [1.807, 2.05) is 4.90 Å². The number of nitro benzene ring substituents is 1. The molecule has 0 atom stereocenters. The molecule has 7 nitrogen and oxygen atoms in total. The molecule has 1 saturated heterocycles. The first-order chi connectivity index (χ1) is 11.6. The number of pyridine rings is 1. The van der Waals surface area contributed by atoms with Gasteiger partial charge in [0, 0.05) is 30.9 Å². The van der Waals surface area contributed by atoms with Crippen LogP contribution in [0.3, 0.4) is 0 Å². The Labute approximate surface area is 143 Å². The Morgan fingerprint density at radius 2 is 2.04 bits per heavy atom. The fourth-order valence-electron chi connectivity index (χ4n) is 2.71. The van der Waals surface area contributed by atoms with Crippen LogP contribution in [0.25, 0.3) is 0 Å². The Kier molecular flexibility index (Phi) is 4.61. The molecule has 1 aromatic heterocycles. The summed E-state index contributed by atoms with van der Waals surface area (Å²) in [4.78, 5) is 29.1. The maximum atomic E-state index is 12.3. The van der Waals surface area contributed by atoms with Crippen LogP contribution in [0, 0.1) is 10.1 Å². The summed E-state index contributed by atoms with van der Waals surface area (Å²) in [5.74, 6) is -0.471. The molecule has 1 aliphatic rings. The number of hydrogen-bond acceptors (Lipinski definition) is 5. The van der Waals surface area contributed by atoms with Gasteiger partial charge in [-0.05, 0) is 37.1 Å². The summed E-state index contributed by atoms with van der Waals surface area (Å²) in [6.45, 7) is 1.58. The van der Waals surface area contributed by atoms with Crippen LogP contribution in [-0.4, -0.2) is 28.9 Å². The largest absolute Gasteiger partial charge is 0.366 e. The van der Waals surface area contributed by atoms with Crippen molar-refractivity contribution in [3.63, 3.8) is 0 Å². The number of amides is 1. The van der Waals surface area contributed by atoms with E-state index < -0.39 is 10.8 Å². The Hall–Kier alpha value is -2.67. The van der Waals surface area contributed by atoms with E-state index in [9.17, 15) is 14.9 Å². The van der Waals surface area contributed by atoms with Crippen molar-refractivity contribution >= 4 is 34.6 Å². The van der Waals surface area contributed by atoms with Crippen LogP contribution < -0.4 is 10.2 Å². The van der Waals surface area contributed by atoms with Gasteiger partial charge in [0.1, 0.15) is 5.69 Å². The summed E-state index contributed by atoms with van der Waals surface area (Å²) >= 11 is 5.91. The Morgan fingerprint density at radius 1 is 1.29 bits per heavy atom. The lowest BCUT2D eigenvalue weighted by Gasteiger charge is -2.17. The lowest BCUT2D eigenvalue weighted by Crippen LogP contribution is -2.20. The van der Waals surface area contributed by atoms with E-state index in [0.29, 0.717) is 11.4 Å². The van der Waals surface area contributed by atoms with Crippen LogP contribution >= 0.6 is 11.6 Å². The number of carbonyl (C=O) groups excluding carboxylic acids is 1. The molecular formula is C16H15ClN4O3. The minimum atomic E-state index is -0.471. The highest BCUT2D eigenvalue weighted by Gasteiger charge is 2.24. The molecule has 1 aliphatic heterocycles. The van der Waals surface area contributed by atoms with Crippen molar-refractivity contribution in [2.24, 2.45) is 0 Å². The molecule has 0 spiro atoms. The molecule has 1 amide bonds. The molecule has 124 valence electrons. The van der Waals surface area contributed by atoms with Gasteiger partial charge >= 0.3 is 0 Å². The molecule has 1 aromatic carbocycles. The summed E-state index contributed by atoms with van der Waals surface area (Å²) in [6.07, 6.45) is 3.53. The molecule has 1 fully saturated rings. The monoisotopic (exact) mass is 346 g/mol. The maximum absolute atomic E-state index is 12.3. The maximum Gasteiger partial charge on any atom is 0.293 e. The highest BCUT2D eigenvalue weighted by molar-refractivity contribution is 6.32. The van der Waals surface area contributed by atoms with Crippen molar-refractivity contribution in [1.82, 2.24) is 4.98 Å². The zero-order valence-electron chi connectivity index (χ0n) is 12.7. The zero-order chi connectivity index (χ0) is 17.1. The van der Waals surface area contributed by atoms with Crippen molar-refractivity contribution in [2.75, 3.05) is 23.3 Å². The van der Waals surface area contributed by atoms with Crippen molar-refractivity contribution in [2.45, 2.75) is 12.8 Å². The Morgan fingerprint density at radius 3 is 2.71 bits per heavy atom. The van der Waals surface area contributed by atoms with E-state index in [1.165, 1.54) is 12.3 Å². The number of benzene rings is 1. The molecule has 0 aliphatic carbocycles. The second-order valence-electron chi connectivity index (χ2n) is 5.45. The minimum absolute atomic E-state index is 0.0677. The van der Waals surface area contributed by atoms with Gasteiger partial charge in [0.05, 0.1) is 10.6 Å². The SMILES string of the molecule is O=C(Nc1cccnc1Cl)c1ccc(N2CCCC2)c([N+](=O)[O-])c1. The number of aromatic nitrogens is 1. The third-order valence-electron chi connectivity index (χ3n) is 3.89. The number of carbonyl (C=O) groups is 1. The predicted octanol–water partition coefficient (Wildman–Crippen LogP) is 3.50. The van der Waals surface area contributed by atoms with Crippen molar-refractivity contribution in [3.8, 4) is 0 Å². The van der Waals surface area contributed by atoms with E-state index in [0.717, 1.165) is 25.9 Å². The normalized spacial score (nSPS) is 13.8. The zero-order valence-corrected chi connectivity index (χ0v) is 13.5. The highest BCUT2D eigenvalue weighted by atomic mass is 35.5. The molecule has 24 heavy (non-hydrogen) atoms. The van der Waals surface area contributed by atoms with Crippen LogP contribution in [0.2, 0.25) is 5.15 Å². The minimum Gasteiger partial charge on any atom is -0.366 e. The van der Waals surface area contributed by atoms with Gasteiger partial charge < -0.3 is 10.2 Å². The van der Waals surface area contributed by atoms with Crippen molar-refractivity contribution in [1.29, 1.82) is 0 Å². The van der Waals surface area contributed by atoms with Gasteiger partial charge in [-0.1, -0.05) is 11.6 Å². The smallest absolute Gasteiger partial charge is 0.293 e. The third kappa shape index (κ3) is 3.30. The van der Waals surface area contributed by atoms with Gasteiger partial charge in [-0.3, -0.25) is 14.9 Å². The Bertz CT molecular complexity index is 791. The number of nitro groups is 1. The lowest BCUT2D eigenvalue weighted by atomic mass is 10.1. The van der Waals surface area contributed by atoms with Gasteiger partial charge in [-0.15, -0.1) is 0 Å². The van der Waals surface area contributed by atoms with Crippen LogP contribution in [0.5, 0.6) is 0 Å². The summed E-state index contributed by atoms with van der Waals surface area (Å²) in [6, 6.07) is 7.76. The van der Waals surface area contributed by atoms with Gasteiger partial charge in [0.15, 0.2) is 5.15 Å². The summed E-state index contributed by atoms with van der Waals surface area (Å²) < 4.78 is 0. The summed E-state index contributed by atoms with van der Waals surface area (Å²) in [5, 5.41) is 14.2. The van der Waals surface area contributed by atoms with Gasteiger partial charge in [-0.25, -0.2) is 4.98 Å². The van der Waals surface area contributed by atoms with E-state index in [1.54, 1.807) is 24.3 Å². The molecular weight excluding hydrogens is 332 g/mol.